The first kappa shape index (κ1) is 7.98. The minimum atomic E-state index is 0.308. The number of hydrogen-bond donors (Lipinski definition) is 1. The second kappa shape index (κ2) is 2.47. The van der Waals surface area contributed by atoms with Crippen LogP contribution in [0.3, 0.4) is 0 Å². The van der Waals surface area contributed by atoms with E-state index in [0.29, 0.717) is 11.4 Å². The topological polar surface area (TPSA) is 63.6 Å². The Morgan fingerprint density at radius 2 is 2.19 bits per heavy atom. The lowest BCUT2D eigenvalue weighted by Gasteiger charge is -1.97. The van der Waals surface area contributed by atoms with Gasteiger partial charge in [0, 0.05) is 17.8 Å². The fourth-order valence-electron chi connectivity index (χ4n) is 2.45. The lowest BCUT2D eigenvalue weighted by atomic mass is 10.1. The van der Waals surface area contributed by atoms with Gasteiger partial charge in [-0.05, 0) is 16.7 Å². The van der Waals surface area contributed by atoms with Crippen molar-refractivity contribution in [3.05, 3.63) is 46.3 Å². The third-order valence-corrected chi connectivity index (χ3v) is 3.15. The highest BCUT2D eigenvalue weighted by Gasteiger charge is 2.23. The van der Waals surface area contributed by atoms with Gasteiger partial charge in [-0.15, -0.1) is 0 Å². The van der Waals surface area contributed by atoms with E-state index in [1.165, 1.54) is 21.9 Å². The summed E-state index contributed by atoms with van der Waals surface area (Å²) in [5, 5.41) is 1.17. The van der Waals surface area contributed by atoms with Crippen molar-refractivity contribution in [2.24, 2.45) is 15.7 Å². The first-order valence-corrected chi connectivity index (χ1v) is 5.15. The summed E-state index contributed by atoms with van der Waals surface area (Å²) in [6.07, 6.45) is 9.12. The van der Waals surface area contributed by atoms with Crippen molar-refractivity contribution in [1.82, 2.24) is 4.98 Å². The zero-order valence-corrected chi connectivity index (χ0v) is 8.44. The molecule has 2 N–H and O–H groups in total. The Bertz CT molecular complexity index is 735. The molecular weight excluding hydrogens is 200 g/mol. The minimum absolute atomic E-state index is 0.308. The monoisotopic (exact) mass is 208 g/mol. The number of allylic oxidation sites excluding steroid dienone is 4. The van der Waals surface area contributed by atoms with Crippen LogP contribution in [0.1, 0.15) is 5.56 Å². The standard InChI is InChI=1S/C12H8N4/c13-12-15-10-8-4-6-2-1-3-7(6)9(8)5-14-11(10)16-12/h1-3,5H,4H2,(H2,13,15). The highest BCUT2D eigenvalue weighted by molar-refractivity contribution is 5.88. The molecule has 4 rings (SSSR count). The molecule has 0 unspecified atom stereocenters. The lowest BCUT2D eigenvalue weighted by molar-refractivity contribution is 1.12. The summed E-state index contributed by atoms with van der Waals surface area (Å²) in [6, 6.07) is 0. The summed E-state index contributed by atoms with van der Waals surface area (Å²) >= 11 is 0. The third kappa shape index (κ3) is 0.821. The molecule has 2 aliphatic carbocycles. The van der Waals surface area contributed by atoms with E-state index in [9.17, 15) is 0 Å². The molecule has 0 saturated carbocycles. The van der Waals surface area contributed by atoms with E-state index >= 15 is 0 Å². The maximum absolute atomic E-state index is 5.60. The zero-order chi connectivity index (χ0) is 10.7. The summed E-state index contributed by atoms with van der Waals surface area (Å²) in [7, 11) is 0. The van der Waals surface area contributed by atoms with Gasteiger partial charge in [0.05, 0.1) is 0 Å². The Labute approximate surface area is 91.2 Å². The van der Waals surface area contributed by atoms with Gasteiger partial charge >= 0.3 is 0 Å². The molecule has 3 aliphatic rings. The van der Waals surface area contributed by atoms with Crippen molar-refractivity contribution in [2.75, 3.05) is 0 Å². The van der Waals surface area contributed by atoms with Crippen LogP contribution >= 0.6 is 0 Å². The van der Waals surface area contributed by atoms with Gasteiger partial charge < -0.3 is 5.73 Å². The van der Waals surface area contributed by atoms with Crippen molar-refractivity contribution >= 4 is 17.2 Å². The Kier molecular flexibility index (Phi) is 1.23. The quantitative estimate of drug-likeness (QED) is 0.645. The Hall–Kier alpha value is -2.23. The Balaban J connectivity index is 2.16. The molecule has 0 saturated heterocycles. The number of guanidine groups is 1. The molecule has 4 nitrogen and oxygen atoms in total. The molecule has 76 valence electrons. The maximum Gasteiger partial charge on any atom is 0.222 e. The van der Waals surface area contributed by atoms with Crippen molar-refractivity contribution in [1.29, 1.82) is 0 Å². The van der Waals surface area contributed by atoms with Gasteiger partial charge in [0.1, 0.15) is 5.69 Å². The van der Waals surface area contributed by atoms with Crippen molar-refractivity contribution in [3.63, 3.8) is 0 Å². The maximum atomic E-state index is 5.60. The average molecular weight is 208 g/mol. The molecule has 1 aromatic rings. The first-order chi connectivity index (χ1) is 7.83. The van der Waals surface area contributed by atoms with Gasteiger partial charge in [-0.2, -0.15) is 4.99 Å². The lowest BCUT2D eigenvalue weighted by Crippen LogP contribution is -2.17. The molecule has 4 heteroatoms. The van der Waals surface area contributed by atoms with Crippen LogP contribution in [0.4, 0.5) is 5.69 Å². The number of fused-ring (bicyclic) bond motifs is 4. The van der Waals surface area contributed by atoms with Gasteiger partial charge in [-0.1, -0.05) is 18.2 Å². The predicted molar refractivity (Wildman–Crippen MR) is 60.6 cm³/mol. The number of nitrogens with two attached hydrogens (primary N) is 1. The summed E-state index contributed by atoms with van der Waals surface area (Å²) in [5.41, 5.74) is 10.9. The second-order valence-corrected chi connectivity index (χ2v) is 4.05. The molecule has 0 amide bonds. The first-order valence-electron chi connectivity index (χ1n) is 5.15. The van der Waals surface area contributed by atoms with Gasteiger partial charge in [-0.25, -0.2) is 9.98 Å². The number of aliphatic imine (C=N–C) groups is 1. The highest BCUT2D eigenvalue weighted by atomic mass is 15.1. The van der Waals surface area contributed by atoms with E-state index in [4.69, 9.17) is 5.73 Å². The second-order valence-electron chi connectivity index (χ2n) is 4.05. The summed E-state index contributed by atoms with van der Waals surface area (Å²) < 4.78 is 0. The largest absolute Gasteiger partial charge is 0.368 e. The summed E-state index contributed by atoms with van der Waals surface area (Å²) in [5.74, 6) is 0.308. The number of hydrogen-bond acceptors (Lipinski definition) is 4. The number of aromatic nitrogens is 1. The van der Waals surface area contributed by atoms with E-state index in [2.05, 4.69) is 33.2 Å². The zero-order valence-electron chi connectivity index (χ0n) is 8.44. The van der Waals surface area contributed by atoms with Gasteiger partial charge in [0.15, 0.2) is 5.49 Å². The molecule has 0 radical (unpaired) electrons. The van der Waals surface area contributed by atoms with Crippen LogP contribution in [-0.2, 0) is 6.42 Å². The van der Waals surface area contributed by atoms with E-state index in [0.717, 1.165) is 12.1 Å². The molecule has 1 aromatic heterocycles. The van der Waals surface area contributed by atoms with E-state index in [1.54, 1.807) is 0 Å². The summed E-state index contributed by atoms with van der Waals surface area (Å²) in [4.78, 5) is 12.6. The molecule has 0 fully saturated rings. The molecule has 16 heavy (non-hydrogen) atoms. The molecule has 0 aromatic carbocycles. The third-order valence-electron chi connectivity index (χ3n) is 3.15. The van der Waals surface area contributed by atoms with Crippen LogP contribution in [0.25, 0.3) is 5.57 Å². The van der Waals surface area contributed by atoms with Crippen LogP contribution in [-0.4, -0.2) is 10.9 Å². The Morgan fingerprint density at radius 1 is 1.25 bits per heavy atom. The molecule has 0 bridgehead atoms. The van der Waals surface area contributed by atoms with Crippen LogP contribution in [0.5, 0.6) is 0 Å². The summed E-state index contributed by atoms with van der Waals surface area (Å²) in [6.45, 7) is 0. The number of nitrogens with zero attached hydrogens (tertiary/aromatic N) is 3. The van der Waals surface area contributed by atoms with Gasteiger partial charge in [0.2, 0.25) is 5.96 Å². The van der Waals surface area contributed by atoms with Crippen molar-refractivity contribution < 1.29 is 0 Å². The smallest absolute Gasteiger partial charge is 0.222 e. The molecule has 2 heterocycles. The van der Waals surface area contributed by atoms with Crippen molar-refractivity contribution in [3.8, 4) is 0 Å². The van der Waals surface area contributed by atoms with E-state index in [1.807, 2.05) is 6.20 Å². The average Bonchev–Trinajstić information content (AvgIpc) is 2.87. The van der Waals surface area contributed by atoms with E-state index in [-0.39, 0.29) is 0 Å². The van der Waals surface area contributed by atoms with E-state index < -0.39 is 0 Å². The minimum Gasteiger partial charge on any atom is -0.368 e. The number of rotatable bonds is 0. The normalized spacial score (nSPS) is 18.9. The molecule has 0 spiro atoms. The van der Waals surface area contributed by atoms with Crippen LogP contribution in [0, 0.1) is 0 Å². The fraction of sp³-hybridized carbons (Fsp3) is 0.0833. The predicted octanol–water partition coefficient (Wildman–Crippen LogP) is -0.136. The van der Waals surface area contributed by atoms with Gasteiger partial charge in [0.25, 0.3) is 0 Å². The van der Waals surface area contributed by atoms with Crippen LogP contribution in [0.2, 0.25) is 0 Å². The van der Waals surface area contributed by atoms with Crippen LogP contribution < -0.4 is 16.4 Å². The fourth-order valence-corrected chi connectivity index (χ4v) is 2.45. The SMILES string of the molecule is NC1=Nc2c3c(cnc2=N1)=C1C=CC=C1C3. The van der Waals surface area contributed by atoms with Gasteiger partial charge in [-0.3, -0.25) is 0 Å². The molecule has 0 atom stereocenters. The number of pyridine rings is 1. The Morgan fingerprint density at radius 3 is 3.12 bits per heavy atom. The van der Waals surface area contributed by atoms with Crippen LogP contribution in [0.15, 0.2) is 40.0 Å². The molecular formula is C12H8N4. The van der Waals surface area contributed by atoms with Crippen molar-refractivity contribution in [2.45, 2.75) is 6.42 Å². The highest BCUT2D eigenvalue weighted by Crippen LogP contribution is 2.30. The molecule has 1 aliphatic heterocycles.